The second-order valence-electron chi connectivity index (χ2n) is 4.70. The molecule has 1 atom stereocenters. The fourth-order valence-electron chi connectivity index (χ4n) is 1.33. The van der Waals surface area contributed by atoms with Crippen molar-refractivity contribution in [3.05, 3.63) is 23.7 Å². The number of carbonyl (C=O) groups is 2. The number of hydrogen-bond donors (Lipinski definition) is 3. The van der Waals surface area contributed by atoms with E-state index in [0.717, 1.165) is 5.76 Å². The topological polar surface area (TPSA) is 91.6 Å². The molecule has 1 unspecified atom stereocenters. The summed E-state index contributed by atoms with van der Waals surface area (Å²) in [6, 6.07) is 2.68. The first-order valence-electron chi connectivity index (χ1n) is 5.61. The van der Waals surface area contributed by atoms with Gasteiger partial charge in [0.15, 0.2) is 0 Å². The molecule has 0 fully saturated rings. The molecule has 6 heteroatoms. The zero-order valence-electron chi connectivity index (χ0n) is 10.9. The lowest BCUT2D eigenvalue weighted by Crippen LogP contribution is -2.53. The van der Waals surface area contributed by atoms with E-state index in [-0.39, 0.29) is 6.04 Å². The van der Waals surface area contributed by atoms with Crippen LogP contribution in [-0.4, -0.2) is 22.6 Å². The molecule has 0 spiro atoms. The van der Waals surface area contributed by atoms with E-state index in [1.165, 1.54) is 13.8 Å². The molecule has 1 rings (SSSR count). The molecule has 100 valence electrons. The minimum atomic E-state index is -1.32. The summed E-state index contributed by atoms with van der Waals surface area (Å²) in [5.41, 5.74) is -1.32. The van der Waals surface area contributed by atoms with Crippen molar-refractivity contribution >= 4 is 12.0 Å². The number of rotatable bonds is 4. The van der Waals surface area contributed by atoms with Crippen LogP contribution in [0.2, 0.25) is 0 Å². The van der Waals surface area contributed by atoms with Crippen LogP contribution in [0.5, 0.6) is 0 Å². The van der Waals surface area contributed by atoms with Gasteiger partial charge in [0, 0.05) is 0 Å². The SMILES string of the molecule is Cc1ccc(C(C)NC(=O)NC(C)(C)C(=O)O)o1. The summed E-state index contributed by atoms with van der Waals surface area (Å²) in [4.78, 5) is 22.5. The van der Waals surface area contributed by atoms with Crippen molar-refractivity contribution < 1.29 is 19.1 Å². The van der Waals surface area contributed by atoms with Crippen LogP contribution in [0.4, 0.5) is 4.79 Å². The van der Waals surface area contributed by atoms with Gasteiger partial charge in [-0.15, -0.1) is 0 Å². The average molecular weight is 254 g/mol. The molecular weight excluding hydrogens is 236 g/mol. The Bertz CT molecular complexity index is 451. The van der Waals surface area contributed by atoms with E-state index < -0.39 is 17.5 Å². The number of amides is 2. The third-order valence-electron chi connectivity index (χ3n) is 2.50. The van der Waals surface area contributed by atoms with Crippen LogP contribution in [0.3, 0.4) is 0 Å². The number of aryl methyl sites for hydroxylation is 1. The molecule has 0 saturated carbocycles. The van der Waals surface area contributed by atoms with E-state index in [9.17, 15) is 9.59 Å². The molecular formula is C12H18N2O4. The zero-order valence-corrected chi connectivity index (χ0v) is 10.9. The van der Waals surface area contributed by atoms with E-state index in [2.05, 4.69) is 10.6 Å². The standard InChI is InChI=1S/C12H18N2O4/c1-7-5-6-9(18-7)8(2)13-11(17)14-12(3,4)10(15)16/h5-6,8H,1-4H3,(H,15,16)(H2,13,14,17). The Labute approximate surface area is 105 Å². The Morgan fingerprint density at radius 2 is 2.00 bits per heavy atom. The molecule has 0 aromatic carbocycles. The van der Waals surface area contributed by atoms with Crippen molar-refractivity contribution in [2.24, 2.45) is 0 Å². The number of aliphatic carboxylic acids is 1. The van der Waals surface area contributed by atoms with Gasteiger partial charge < -0.3 is 20.2 Å². The number of carboxylic acids is 1. The number of hydrogen-bond acceptors (Lipinski definition) is 3. The number of carboxylic acid groups (broad SMARTS) is 1. The maximum atomic E-state index is 11.6. The molecule has 0 bridgehead atoms. The van der Waals surface area contributed by atoms with Crippen molar-refractivity contribution in [1.29, 1.82) is 0 Å². The normalized spacial score (nSPS) is 12.9. The average Bonchev–Trinajstić information content (AvgIpc) is 2.63. The molecule has 0 saturated heterocycles. The van der Waals surface area contributed by atoms with Crippen LogP contribution >= 0.6 is 0 Å². The number of nitrogens with one attached hydrogen (secondary N) is 2. The predicted molar refractivity (Wildman–Crippen MR) is 65.2 cm³/mol. The highest BCUT2D eigenvalue weighted by molar-refractivity contribution is 5.85. The molecule has 0 radical (unpaired) electrons. The lowest BCUT2D eigenvalue weighted by molar-refractivity contribution is -0.142. The van der Waals surface area contributed by atoms with Gasteiger partial charge >= 0.3 is 12.0 Å². The zero-order chi connectivity index (χ0) is 13.9. The minimum Gasteiger partial charge on any atom is -0.480 e. The van der Waals surface area contributed by atoms with Crippen LogP contribution in [0.15, 0.2) is 16.5 Å². The highest BCUT2D eigenvalue weighted by Gasteiger charge is 2.29. The van der Waals surface area contributed by atoms with Crippen molar-refractivity contribution in [1.82, 2.24) is 10.6 Å². The van der Waals surface area contributed by atoms with Gasteiger partial charge in [-0.1, -0.05) is 0 Å². The first-order chi connectivity index (χ1) is 8.22. The summed E-state index contributed by atoms with van der Waals surface area (Å²) in [5, 5.41) is 13.9. The first-order valence-corrected chi connectivity index (χ1v) is 5.61. The van der Waals surface area contributed by atoms with Crippen molar-refractivity contribution in [2.45, 2.75) is 39.3 Å². The van der Waals surface area contributed by atoms with Crippen LogP contribution in [0, 0.1) is 6.92 Å². The smallest absolute Gasteiger partial charge is 0.328 e. The minimum absolute atomic E-state index is 0.330. The van der Waals surface area contributed by atoms with E-state index in [1.807, 2.05) is 6.92 Å². The molecule has 1 heterocycles. The number of carbonyl (C=O) groups excluding carboxylic acids is 1. The van der Waals surface area contributed by atoms with Gasteiger partial charge in [-0.2, -0.15) is 0 Å². The molecule has 6 nitrogen and oxygen atoms in total. The third-order valence-corrected chi connectivity index (χ3v) is 2.50. The van der Waals surface area contributed by atoms with Gasteiger partial charge in [-0.3, -0.25) is 0 Å². The molecule has 3 N–H and O–H groups in total. The molecule has 0 aliphatic heterocycles. The fourth-order valence-corrected chi connectivity index (χ4v) is 1.33. The van der Waals surface area contributed by atoms with Crippen LogP contribution in [0.1, 0.15) is 38.3 Å². The second kappa shape index (κ2) is 5.12. The Morgan fingerprint density at radius 3 is 2.44 bits per heavy atom. The van der Waals surface area contributed by atoms with E-state index in [4.69, 9.17) is 9.52 Å². The second-order valence-corrected chi connectivity index (χ2v) is 4.70. The number of urea groups is 1. The highest BCUT2D eigenvalue weighted by Crippen LogP contribution is 2.15. The lowest BCUT2D eigenvalue weighted by atomic mass is 10.1. The highest BCUT2D eigenvalue weighted by atomic mass is 16.4. The first kappa shape index (κ1) is 14.1. The maximum Gasteiger partial charge on any atom is 0.328 e. The summed E-state index contributed by atoms with van der Waals surface area (Å²) in [5.74, 6) is 0.278. The Balaban J connectivity index is 2.58. The van der Waals surface area contributed by atoms with Gasteiger partial charge in [0.05, 0.1) is 6.04 Å². The van der Waals surface area contributed by atoms with Gasteiger partial charge in [-0.25, -0.2) is 9.59 Å². The largest absolute Gasteiger partial charge is 0.480 e. The lowest BCUT2D eigenvalue weighted by Gasteiger charge is -2.22. The molecule has 2 amide bonds. The molecule has 1 aromatic heterocycles. The van der Waals surface area contributed by atoms with Gasteiger partial charge in [-0.05, 0) is 39.8 Å². The summed E-state index contributed by atoms with van der Waals surface area (Å²) in [6.45, 7) is 6.39. The van der Waals surface area contributed by atoms with E-state index in [1.54, 1.807) is 19.1 Å². The summed E-state index contributed by atoms with van der Waals surface area (Å²) >= 11 is 0. The quantitative estimate of drug-likeness (QED) is 0.764. The Kier molecular flexibility index (Phi) is 4.00. The number of furan rings is 1. The van der Waals surface area contributed by atoms with Crippen molar-refractivity contribution in [3.8, 4) is 0 Å². The summed E-state index contributed by atoms with van der Waals surface area (Å²) < 4.78 is 5.36. The van der Waals surface area contributed by atoms with Gasteiger partial charge in [0.1, 0.15) is 17.1 Å². The van der Waals surface area contributed by atoms with Gasteiger partial charge in [0.2, 0.25) is 0 Å². The third kappa shape index (κ3) is 3.51. The van der Waals surface area contributed by atoms with Gasteiger partial charge in [0.25, 0.3) is 0 Å². The molecule has 0 aliphatic rings. The van der Waals surface area contributed by atoms with E-state index >= 15 is 0 Å². The Hall–Kier alpha value is -1.98. The molecule has 0 aliphatic carbocycles. The van der Waals surface area contributed by atoms with E-state index in [0.29, 0.717) is 5.76 Å². The maximum absolute atomic E-state index is 11.6. The van der Waals surface area contributed by atoms with Crippen molar-refractivity contribution in [3.63, 3.8) is 0 Å². The molecule has 1 aromatic rings. The summed E-state index contributed by atoms with van der Waals surface area (Å²) in [7, 11) is 0. The molecule has 18 heavy (non-hydrogen) atoms. The fraction of sp³-hybridized carbons (Fsp3) is 0.500. The van der Waals surface area contributed by atoms with Crippen molar-refractivity contribution in [2.75, 3.05) is 0 Å². The van der Waals surface area contributed by atoms with Crippen LogP contribution in [-0.2, 0) is 4.79 Å². The monoisotopic (exact) mass is 254 g/mol. The summed E-state index contributed by atoms with van der Waals surface area (Å²) in [6.07, 6.45) is 0. The Morgan fingerprint density at radius 1 is 1.39 bits per heavy atom. The van der Waals surface area contributed by atoms with Crippen LogP contribution < -0.4 is 10.6 Å². The van der Waals surface area contributed by atoms with Crippen LogP contribution in [0.25, 0.3) is 0 Å². The predicted octanol–water partition coefficient (Wildman–Crippen LogP) is 1.81.